The molecule has 1 heterocycles. The fourth-order valence-corrected chi connectivity index (χ4v) is 2.57. The maximum absolute atomic E-state index is 12.6. The van der Waals surface area contributed by atoms with Gasteiger partial charge in [-0.05, 0) is 30.2 Å². The number of amides is 2. The molecule has 2 amide bonds. The Morgan fingerprint density at radius 3 is 2.62 bits per heavy atom. The molecule has 1 aliphatic heterocycles. The number of methoxy groups -OCH3 is 1. The lowest BCUT2D eigenvalue weighted by Gasteiger charge is -2.27. The molecular formula is C17H15NO3. The van der Waals surface area contributed by atoms with Crippen LogP contribution in [0.1, 0.15) is 21.5 Å². The van der Waals surface area contributed by atoms with E-state index in [4.69, 9.17) is 4.74 Å². The van der Waals surface area contributed by atoms with Gasteiger partial charge in [0.25, 0.3) is 5.91 Å². The summed E-state index contributed by atoms with van der Waals surface area (Å²) in [4.78, 5) is 26.1. The standard InChI is InChI=1S/C17H15NO3/c1-11-7-8-13(10-15(11)21-2)18-16(19)9-12-5-3-4-6-14(12)17(18)20/h3-8,10H,9H2,1-2H3. The number of aryl methyl sites for hydroxylation is 1. The predicted octanol–water partition coefficient (Wildman–Crippen LogP) is 2.73. The highest BCUT2D eigenvalue weighted by Crippen LogP contribution is 2.29. The summed E-state index contributed by atoms with van der Waals surface area (Å²) in [5.74, 6) is 0.157. The number of benzene rings is 2. The second-order valence-electron chi connectivity index (χ2n) is 5.02. The molecule has 0 radical (unpaired) electrons. The van der Waals surface area contributed by atoms with Crippen LogP contribution in [0.4, 0.5) is 5.69 Å². The first-order chi connectivity index (χ1) is 10.1. The van der Waals surface area contributed by atoms with E-state index in [1.807, 2.05) is 25.1 Å². The zero-order valence-corrected chi connectivity index (χ0v) is 11.9. The lowest BCUT2D eigenvalue weighted by molar-refractivity contribution is -0.117. The monoisotopic (exact) mass is 281 g/mol. The van der Waals surface area contributed by atoms with Crippen LogP contribution in [0.3, 0.4) is 0 Å². The zero-order chi connectivity index (χ0) is 15.0. The Morgan fingerprint density at radius 1 is 1.10 bits per heavy atom. The van der Waals surface area contributed by atoms with Crippen LogP contribution in [0, 0.1) is 6.92 Å². The zero-order valence-electron chi connectivity index (χ0n) is 11.9. The van der Waals surface area contributed by atoms with E-state index in [0.29, 0.717) is 17.0 Å². The Balaban J connectivity index is 2.07. The molecule has 106 valence electrons. The van der Waals surface area contributed by atoms with E-state index in [1.165, 1.54) is 4.90 Å². The molecule has 4 nitrogen and oxygen atoms in total. The van der Waals surface area contributed by atoms with Crippen molar-refractivity contribution in [2.75, 3.05) is 12.0 Å². The van der Waals surface area contributed by atoms with Gasteiger partial charge in [-0.1, -0.05) is 24.3 Å². The van der Waals surface area contributed by atoms with Gasteiger partial charge >= 0.3 is 0 Å². The first kappa shape index (κ1) is 13.4. The van der Waals surface area contributed by atoms with Gasteiger partial charge in [0.1, 0.15) is 5.75 Å². The van der Waals surface area contributed by atoms with Crippen molar-refractivity contribution in [3.8, 4) is 5.75 Å². The molecule has 3 rings (SSSR count). The highest BCUT2D eigenvalue weighted by atomic mass is 16.5. The Kier molecular flexibility index (Phi) is 3.22. The van der Waals surface area contributed by atoms with Gasteiger partial charge in [0.05, 0.1) is 19.2 Å². The van der Waals surface area contributed by atoms with Gasteiger partial charge < -0.3 is 4.74 Å². The topological polar surface area (TPSA) is 46.6 Å². The normalized spacial score (nSPS) is 14.1. The van der Waals surface area contributed by atoms with Crippen molar-refractivity contribution in [1.29, 1.82) is 0 Å². The number of fused-ring (bicyclic) bond motifs is 1. The number of nitrogens with zero attached hydrogens (tertiary/aromatic N) is 1. The summed E-state index contributed by atoms with van der Waals surface area (Å²) in [5, 5.41) is 0. The molecule has 0 saturated heterocycles. The molecule has 0 fully saturated rings. The van der Waals surface area contributed by atoms with Crippen molar-refractivity contribution >= 4 is 17.5 Å². The number of anilines is 1. The molecular weight excluding hydrogens is 266 g/mol. The fourth-order valence-electron chi connectivity index (χ4n) is 2.57. The summed E-state index contributed by atoms with van der Waals surface area (Å²) in [6, 6.07) is 12.5. The van der Waals surface area contributed by atoms with Crippen LogP contribution in [0.5, 0.6) is 5.75 Å². The molecule has 2 aromatic carbocycles. The van der Waals surface area contributed by atoms with Crippen LogP contribution in [0.2, 0.25) is 0 Å². The van der Waals surface area contributed by atoms with Gasteiger partial charge in [-0.15, -0.1) is 0 Å². The molecule has 21 heavy (non-hydrogen) atoms. The summed E-state index contributed by atoms with van der Waals surface area (Å²) >= 11 is 0. The van der Waals surface area contributed by atoms with Crippen molar-refractivity contribution < 1.29 is 14.3 Å². The Bertz CT molecular complexity index is 737. The molecule has 0 bridgehead atoms. The summed E-state index contributed by atoms with van der Waals surface area (Å²) in [6.45, 7) is 1.91. The molecule has 0 aromatic heterocycles. The SMILES string of the molecule is COc1cc(N2C(=O)Cc3ccccc3C2=O)ccc1C. The van der Waals surface area contributed by atoms with E-state index < -0.39 is 0 Å². The highest BCUT2D eigenvalue weighted by molar-refractivity contribution is 6.24. The molecule has 0 aliphatic carbocycles. The third-order valence-corrected chi connectivity index (χ3v) is 3.69. The quantitative estimate of drug-likeness (QED) is 0.795. The number of carbonyl (C=O) groups excluding carboxylic acids is 2. The molecule has 0 spiro atoms. The van der Waals surface area contributed by atoms with Gasteiger partial charge in [0.2, 0.25) is 5.91 Å². The van der Waals surface area contributed by atoms with Gasteiger partial charge in [-0.2, -0.15) is 0 Å². The number of carbonyl (C=O) groups is 2. The number of ether oxygens (including phenoxy) is 1. The number of hydrogen-bond acceptors (Lipinski definition) is 3. The minimum absolute atomic E-state index is 0.218. The van der Waals surface area contributed by atoms with Gasteiger partial charge in [-0.3, -0.25) is 9.59 Å². The third kappa shape index (κ3) is 2.18. The van der Waals surface area contributed by atoms with Crippen LogP contribution >= 0.6 is 0 Å². The lowest BCUT2D eigenvalue weighted by atomic mass is 9.98. The molecule has 2 aromatic rings. The minimum Gasteiger partial charge on any atom is -0.496 e. The summed E-state index contributed by atoms with van der Waals surface area (Å²) in [5.41, 5.74) is 2.86. The highest BCUT2D eigenvalue weighted by Gasteiger charge is 2.32. The van der Waals surface area contributed by atoms with Crippen molar-refractivity contribution in [3.05, 3.63) is 59.2 Å². The largest absolute Gasteiger partial charge is 0.496 e. The van der Waals surface area contributed by atoms with E-state index in [1.54, 1.807) is 31.4 Å². The van der Waals surface area contributed by atoms with Crippen molar-refractivity contribution in [3.63, 3.8) is 0 Å². The van der Waals surface area contributed by atoms with E-state index >= 15 is 0 Å². The number of imide groups is 1. The second kappa shape index (κ2) is 5.05. The second-order valence-corrected chi connectivity index (χ2v) is 5.02. The first-order valence-corrected chi connectivity index (χ1v) is 6.71. The third-order valence-electron chi connectivity index (χ3n) is 3.69. The van der Waals surface area contributed by atoms with Crippen LogP contribution in [0.15, 0.2) is 42.5 Å². The van der Waals surface area contributed by atoms with E-state index in [9.17, 15) is 9.59 Å². The first-order valence-electron chi connectivity index (χ1n) is 6.71. The molecule has 4 heteroatoms. The van der Waals surface area contributed by atoms with Crippen LogP contribution < -0.4 is 9.64 Å². The molecule has 0 saturated carbocycles. The maximum atomic E-state index is 12.6. The number of rotatable bonds is 2. The molecule has 0 N–H and O–H groups in total. The van der Waals surface area contributed by atoms with Crippen LogP contribution in [-0.4, -0.2) is 18.9 Å². The summed E-state index contributed by atoms with van der Waals surface area (Å²) in [7, 11) is 1.57. The average Bonchev–Trinajstić information content (AvgIpc) is 2.49. The van der Waals surface area contributed by atoms with E-state index in [2.05, 4.69) is 0 Å². The molecule has 0 unspecified atom stereocenters. The Labute approximate surface area is 123 Å². The molecule has 1 aliphatic rings. The fraction of sp³-hybridized carbons (Fsp3) is 0.176. The van der Waals surface area contributed by atoms with E-state index in [-0.39, 0.29) is 18.2 Å². The maximum Gasteiger partial charge on any atom is 0.265 e. The van der Waals surface area contributed by atoms with Crippen molar-refractivity contribution in [2.24, 2.45) is 0 Å². The summed E-state index contributed by atoms with van der Waals surface area (Å²) in [6.07, 6.45) is 0.234. The Morgan fingerprint density at radius 2 is 1.86 bits per heavy atom. The van der Waals surface area contributed by atoms with Gasteiger partial charge in [-0.25, -0.2) is 4.90 Å². The van der Waals surface area contributed by atoms with Crippen LogP contribution in [0.25, 0.3) is 0 Å². The Hall–Kier alpha value is -2.62. The predicted molar refractivity (Wildman–Crippen MR) is 79.7 cm³/mol. The van der Waals surface area contributed by atoms with Crippen molar-refractivity contribution in [2.45, 2.75) is 13.3 Å². The van der Waals surface area contributed by atoms with Gasteiger partial charge in [0.15, 0.2) is 0 Å². The lowest BCUT2D eigenvalue weighted by Crippen LogP contribution is -2.42. The van der Waals surface area contributed by atoms with Crippen molar-refractivity contribution in [1.82, 2.24) is 0 Å². The minimum atomic E-state index is -0.284. The average molecular weight is 281 g/mol. The summed E-state index contributed by atoms with van der Waals surface area (Å²) < 4.78 is 5.27. The smallest absolute Gasteiger partial charge is 0.265 e. The van der Waals surface area contributed by atoms with Gasteiger partial charge in [0, 0.05) is 11.6 Å². The van der Waals surface area contributed by atoms with Crippen LogP contribution in [-0.2, 0) is 11.2 Å². The molecule has 0 atom stereocenters. The van der Waals surface area contributed by atoms with E-state index in [0.717, 1.165) is 11.1 Å². The number of hydrogen-bond donors (Lipinski definition) is 0.